The Morgan fingerprint density at radius 2 is 2.24 bits per heavy atom. The zero-order valence-corrected chi connectivity index (χ0v) is 11.2. The van der Waals surface area contributed by atoms with Crippen LogP contribution in [0.5, 0.6) is 0 Å². The summed E-state index contributed by atoms with van der Waals surface area (Å²) in [6.45, 7) is 7.05. The van der Waals surface area contributed by atoms with E-state index in [1.54, 1.807) is 0 Å². The van der Waals surface area contributed by atoms with Gasteiger partial charge in [0.1, 0.15) is 17.3 Å². The van der Waals surface area contributed by atoms with E-state index in [0.717, 1.165) is 24.4 Å². The molecule has 0 amide bonds. The third-order valence-corrected chi connectivity index (χ3v) is 3.41. The van der Waals surface area contributed by atoms with Crippen LogP contribution in [0.1, 0.15) is 38.7 Å². The molecule has 1 N–H and O–H groups in total. The summed E-state index contributed by atoms with van der Waals surface area (Å²) in [5.74, 6) is 1.13. The van der Waals surface area contributed by atoms with Gasteiger partial charge in [-0.3, -0.25) is 0 Å². The minimum atomic E-state index is 0.212. The van der Waals surface area contributed by atoms with Gasteiger partial charge in [0.2, 0.25) is 0 Å². The van der Waals surface area contributed by atoms with Crippen molar-refractivity contribution in [3.05, 3.63) is 17.0 Å². The Hall–Kier alpha value is -0.870. The van der Waals surface area contributed by atoms with Gasteiger partial charge in [-0.05, 0) is 19.3 Å². The maximum absolute atomic E-state index is 6.12. The van der Waals surface area contributed by atoms with Crippen molar-refractivity contribution in [1.82, 2.24) is 9.97 Å². The van der Waals surface area contributed by atoms with Crippen LogP contribution in [0.25, 0.3) is 0 Å². The van der Waals surface area contributed by atoms with Gasteiger partial charge in [0, 0.05) is 12.2 Å². The summed E-state index contributed by atoms with van der Waals surface area (Å²) in [6.07, 6.45) is 2.71. The second kappa shape index (κ2) is 5.19. The molecule has 1 aliphatic rings. The van der Waals surface area contributed by atoms with Crippen molar-refractivity contribution in [3.8, 4) is 0 Å². The van der Waals surface area contributed by atoms with Gasteiger partial charge < -0.3 is 10.1 Å². The number of nitrogens with zero attached hydrogens (tertiary/aromatic N) is 2. The summed E-state index contributed by atoms with van der Waals surface area (Å²) in [6, 6.07) is 0.304. The molecule has 0 radical (unpaired) electrons. The van der Waals surface area contributed by atoms with Crippen molar-refractivity contribution < 1.29 is 4.74 Å². The van der Waals surface area contributed by atoms with Gasteiger partial charge >= 0.3 is 0 Å². The Labute approximate surface area is 107 Å². The van der Waals surface area contributed by atoms with Gasteiger partial charge in [-0.15, -0.1) is 0 Å². The Kier molecular flexibility index (Phi) is 3.84. The molecule has 0 bridgehead atoms. The molecule has 1 aromatic rings. The lowest BCUT2D eigenvalue weighted by molar-refractivity contribution is 0.121. The standard InChI is InChI=1S/C12H18ClN3O/c1-7(2)10-11(13)14-6-15-12(10)16-9-4-5-17-8(9)3/h6-9H,4-5H2,1-3H3,(H,14,15,16). The van der Waals surface area contributed by atoms with Crippen molar-refractivity contribution in [2.75, 3.05) is 11.9 Å². The van der Waals surface area contributed by atoms with Crippen LogP contribution in [0, 0.1) is 0 Å². The minimum absolute atomic E-state index is 0.212. The van der Waals surface area contributed by atoms with Crippen LogP contribution >= 0.6 is 11.6 Å². The monoisotopic (exact) mass is 255 g/mol. The molecular weight excluding hydrogens is 238 g/mol. The molecule has 1 aromatic heterocycles. The predicted molar refractivity (Wildman–Crippen MR) is 68.6 cm³/mol. The van der Waals surface area contributed by atoms with E-state index in [1.807, 2.05) is 0 Å². The normalized spacial score (nSPS) is 24.3. The molecule has 4 nitrogen and oxygen atoms in total. The number of aromatic nitrogens is 2. The molecule has 0 saturated carbocycles. The van der Waals surface area contributed by atoms with E-state index in [1.165, 1.54) is 6.33 Å². The molecule has 5 heteroatoms. The van der Waals surface area contributed by atoms with Crippen molar-refractivity contribution in [2.24, 2.45) is 0 Å². The highest BCUT2D eigenvalue weighted by Gasteiger charge is 2.26. The van der Waals surface area contributed by atoms with Gasteiger partial charge in [0.25, 0.3) is 0 Å². The third kappa shape index (κ3) is 2.69. The van der Waals surface area contributed by atoms with Gasteiger partial charge in [-0.2, -0.15) is 0 Å². The number of rotatable bonds is 3. The number of nitrogens with one attached hydrogen (secondary N) is 1. The Morgan fingerprint density at radius 1 is 1.47 bits per heavy atom. The average Bonchev–Trinajstić information content (AvgIpc) is 2.64. The summed E-state index contributed by atoms with van der Waals surface area (Å²) in [5, 5.41) is 3.95. The number of ether oxygens (including phenoxy) is 1. The van der Waals surface area contributed by atoms with E-state index in [0.29, 0.717) is 17.1 Å². The van der Waals surface area contributed by atoms with Crippen LogP contribution in [0.4, 0.5) is 5.82 Å². The maximum atomic E-state index is 6.12. The van der Waals surface area contributed by atoms with Gasteiger partial charge in [-0.25, -0.2) is 9.97 Å². The molecule has 2 unspecified atom stereocenters. The molecule has 2 atom stereocenters. The highest BCUT2D eigenvalue weighted by atomic mass is 35.5. The molecular formula is C12H18ClN3O. The third-order valence-electron chi connectivity index (χ3n) is 3.11. The van der Waals surface area contributed by atoms with Gasteiger partial charge in [-0.1, -0.05) is 25.4 Å². The predicted octanol–water partition coefficient (Wildman–Crippen LogP) is 2.84. The SMILES string of the molecule is CC(C)c1c(Cl)ncnc1NC1CCOC1C. The smallest absolute Gasteiger partial charge is 0.138 e. The van der Waals surface area contributed by atoms with Gasteiger partial charge in [0.15, 0.2) is 0 Å². The fraction of sp³-hybridized carbons (Fsp3) is 0.667. The average molecular weight is 256 g/mol. The second-order valence-electron chi connectivity index (χ2n) is 4.70. The summed E-state index contributed by atoms with van der Waals surface area (Å²) in [7, 11) is 0. The molecule has 17 heavy (non-hydrogen) atoms. The van der Waals surface area contributed by atoms with E-state index in [2.05, 4.69) is 36.1 Å². The summed E-state index contributed by atoms with van der Waals surface area (Å²) in [5.41, 5.74) is 0.980. The van der Waals surface area contributed by atoms with Crippen molar-refractivity contribution in [2.45, 2.75) is 45.3 Å². The van der Waals surface area contributed by atoms with Crippen molar-refractivity contribution in [1.29, 1.82) is 0 Å². The van der Waals surface area contributed by atoms with Crippen molar-refractivity contribution >= 4 is 17.4 Å². The Balaban J connectivity index is 2.23. The lowest BCUT2D eigenvalue weighted by Crippen LogP contribution is -2.28. The molecule has 94 valence electrons. The first-order valence-corrected chi connectivity index (χ1v) is 6.36. The largest absolute Gasteiger partial charge is 0.376 e. The topological polar surface area (TPSA) is 47.0 Å². The van der Waals surface area contributed by atoms with Gasteiger partial charge in [0.05, 0.1) is 12.1 Å². The first-order chi connectivity index (χ1) is 8.09. The maximum Gasteiger partial charge on any atom is 0.138 e. The minimum Gasteiger partial charge on any atom is -0.376 e. The number of anilines is 1. The molecule has 1 saturated heterocycles. The zero-order valence-electron chi connectivity index (χ0n) is 10.4. The van der Waals surface area contributed by atoms with E-state index < -0.39 is 0 Å². The van der Waals surface area contributed by atoms with Crippen LogP contribution in [0.15, 0.2) is 6.33 Å². The van der Waals surface area contributed by atoms with E-state index in [9.17, 15) is 0 Å². The summed E-state index contributed by atoms with van der Waals surface area (Å²) < 4.78 is 5.53. The van der Waals surface area contributed by atoms with Crippen LogP contribution < -0.4 is 5.32 Å². The van der Waals surface area contributed by atoms with Crippen molar-refractivity contribution in [3.63, 3.8) is 0 Å². The second-order valence-corrected chi connectivity index (χ2v) is 5.05. The molecule has 2 rings (SSSR count). The Morgan fingerprint density at radius 3 is 2.82 bits per heavy atom. The number of hydrogen-bond donors (Lipinski definition) is 1. The Bertz CT molecular complexity index is 397. The first-order valence-electron chi connectivity index (χ1n) is 5.98. The fourth-order valence-corrected chi connectivity index (χ4v) is 2.45. The number of hydrogen-bond acceptors (Lipinski definition) is 4. The molecule has 2 heterocycles. The number of halogens is 1. The molecule has 0 aromatic carbocycles. The van der Waals surface area contributed by atoms with Crippen LogP contribution in [0.3, 0.4) is 0 Å². The lowest BCUT2D eigenvalue weighted by Gasteiger charge is -2.20. The molecule has 0 aliphatic carbocycles. The van der Waals surface area contributed by atoms with Crippen LogP contribution in [-0.2, 0) is 4.74 Å². The van der Waals surface area contributed by atoms with E-state index in [-0.39, 0.29) is 6.10 Å². The lowest BCUT2D eigenvalue weighted by atomic mass is 10.1. The fourth-order valence-electron chi connectivity index (χ4n) is 2.10. The van der Waals surface area contributed by atoms with E-state index in [4.69, 9.17) is 16.3 Å². The molecule has 1 fully saturated rings. The zero-order chi connectivity index (χ0) is 12.4. The highest BCUT2D eigenvalue weighted by Crippen LogP contribution is 2.29. The van der Waals surface area contributed by atoms with E-state index >= 15 is 0 Å². The summed E-state index contributed by atoms with van der Waals surface area (Å²) >= 11 is 6.12. The van der Waals surface area contributed by atoms with Crippen LogP contribution in [0.2, 0.25) is 5.15 Å². The quantitative estimate of drug-likeness (QED) is 0.844. The first kappa shape index (κ1) is 12.6. The highest BCUT2D eigenvalue weighted by molar-refractivity contribution is 6.30. The molecule has 1 aliphatic heterocycles. The molecule has 0 spiro atoms. The van der Waals surface area contributed by atoms with Crippen LogP contribution in [-0.4, -0.2) is 28.7 Å². The summed E-state index contributed by atoms with van der Waals surface area (Å²) in [4.78, 5) is 8.33.